The highest BCUT2D eigenvalue weighted by molar-refractivity contribution is 5.11. The van der Waals surface area contributed by atoms with E-state index >= 15 is 0 Å². The summed E-state index contributed by atoms with van der Waals surface area (Å²) in [6, 6.07) is 0.686. The molecular weight excluding hydrogens is 194 g/mol. The van der Waals surface area contributed by atoms with E-state index in [1.165, 1.54) is 19.3 Å². The molecule has 2 aliphatic carbocycles. The fourth-order valence-electron chi connectivity index (χ4n) is 3.11. The first-order valence-corrected chi connectivity index (χ1v) is 6.93. The molecule has 92 valence electrons. The van der Waals surface area contributed by atoms with Crippen molar-refractivity contribution in [3.8, 4) is 0 Å². The van der Waals surface area contributed by atoms with E-state index in [0.29, 0.717) is 11.5 Å². The summed E-state index contributed by atoms with van der Waals surface area (Å²) in [4.78, 5) is 0. The largest absolute Gasteiger partial charge is 0.313 e. The predicted octanol–water partition coefficient (Wildman–Crippen LogP) is 3.61. The molecule has 2 aliphatic rings. The van der Waals surface area contributed by atoms with Gasteiger partial charge in [0.1, 0.15) is 0 Å². The first kappa shape index (κ1) is 12.2. The SMILES string of the molecule is CCC(C)(C)CNC(C)C1CC2C=CC1C2. The quantitative estimate of drug-likeness (QED) is 0.699. The van der Waals surface area contributed by atoms with Gasteiger partial charge in [-0.3, -0.25) is 0 Å². The third-order valence-corrected chi connectivity index (χ3v) is 4.83. The monoisotopic (exact) mass is 221 g/mol. The molecule has 4 atom stereocenters. The van der Waals surface area contributed by atoms with Crippen molar-refractivity contribution in [2.75, 3.05) is 6.54 Å². The molecule has 1 nitrogen and oxygen atoms in total. The minimum absolute atomic E-state index is 0.446. The van der Waals surface area contributed by atoms with Gasteiger partial charge in [-0.25, -0.2) is 0 Å². The van der Waals surface area contributed by atoms with E-state index in [4.69, 9.17) is 0 Å². The Labute approximate surface area is 101 Å². The Morgan fingerprint density at radius 3 is 2.56 bits per heavy atom. The average molecular weight is 221 g/mol. The maximum Gasteiger partial charge on any atom is 0.00730 e. The van der Waals surface area contributed by atoms with Gasteiger partial charge >= 0.3 is 0 Å². The molecule has 16 heavy (non-hydrogen) atoms. The van der Waals surface area contributed by atoms with Crippen molar-refractivity contribution in [3.63, 3.8) is 0 Å². The molecule has 1 fully saturated rings. The minimum Gasteiger partial charge on any atom is -0.313 e. The number of hydrogen-bond donors (Lipinski definition) is 1. The van der Waals surface area contributed by atoms with Crippen LogP contribution in [0.15, 0.2) is 12.2 Å². The van der Waals surface area contributed by atoms with Crippen LogP contribution in [0.2, 0.25) is 0 Å². The van der Waals surface area contributed by atoms with Crippen LogP contribution >= 0.6 is 0 Å². The van der Waals surface area contributed by atoms with Crippen LogP contribution in [-0.2, 0) is 0 Å². The maximum atomic E-state index is 3.77. The average Bonchev–Trinajstić information content (AvgIpc) is 2.87. The van der Waals surface area contributed by atoms with Crippen LogP contribution in [0.4, 0.5) is 0 Å². The van der Waals surface area contributed by atoms with Crippen molar-refractivity contribution in [3.05, 3.63) is 12.2 Å². The molecule has 0 heterocycles. The zero-order valence-corrected chi connectivity index (χ0v) is 11.3. The Morgan fingerprint density at radius 2 is 2.06 bits per heavy atom. The van der Waals surface area contributed by atoms with Crippen LogP contribution in [0.1, 0.15) is 47.0 Å². The summed E-state index contributed by atoms with van der Waals surface area (Å²) in [6.45, 7) is 10.5. The van der Waals surface area contributed by atoms with Crippen LogP contribution in [0.25, 0.3) is 0 Å². The number of allylic oxidation sites excluding steroid dienone is 2. The van der Waals surface area contributed by atoms with Gasteiger partial charge in [-0.15, -0.1) is 0 Å². The van der Waals surface area contributed by atoms with Crippen LogP contribution in [0.3, 0.4) is 0 Å². The summed E-state index contributed by atoms with van der Waals surface area (Å²) in [5.41, 5.74) is 0.446. The maximum absolute atomic E-state index is 3.77. The minimum atomic E-state index is 0.446. The fourth-order valence-corrected chi connectivity index (χ4v) is 3.11. The van der Waals surface area contributed by atoms with E-state index in [9.17, 15) is 0 Å². The van der Waals surface area contributed by atoms with E-state index in [0.717, 1.165) is 24.3 Å². The Bertz CT molecular complexity index is 267. The lowest BCUT2D eigenvalue weighted by molar-refractivity contribution is 0.264. The highest BCUT2D eigenvalue weighted by Crippen LogP contribution is 2.44. The van der Waals surface area contributed by atoms with Gasteiger partial charge in [0.2, 0.25) is 0 Å². The summed E-state index contributed by atoms with van der Waals surface area (Å²) < 4.78 is 0. The summed E-state index contributed by atoms with van der Waals surface area (Å²) >= 11 is 0. The van der Waals surface area contributed by atoms with Crippen LogP contribution in [0, 0.1) is 23.2 Å². The molecule has 0 spiro atoms. The molecule has 1 saturated carbocycles. The molecule has 0 aromatic carbocycles. The van der Waals surface area contributed by atoms with E-state index in [1.54, 1.807) is 0 Å². The predicted molar refractivity (Wildman–Crippen MR) is 70.4 cm³/mol. The van der Waals surface area contributed by atoms with Crippen molar-refractivity contribution in [1.29, 1.82) is 0 Å². The lowest BCUT2D eigenvalue weighted by atomic mass is 9.85. The molecule has 0 aromatic rings. The first-order chi connectivity index (χ1) is 7.52. The molecule has 0 aromatic heterocycles. The molecule has 0 saturated heterocycles. The summed E-state index contributed by atoms with van der Waals surface area (Å²) in [6.07, 6.45) is 8.99. The van der Waals surface area contributed by atoms with E-state index in [-0.39, 0.29) is 0 Å². The van der Waals surface area contributed by atoms with E-state index in [1.807, 2.05) is 0 Å². The molecule has 0 radical (unpaired) electrons. The normalized spacial score (nSPS) is 34.6. The van der Waals surface area contributed by atoms with Crippen molar-refractivity contribution < 1.29 is 0 Å². The zero-order valence-electron chi connectivity index (χ0n) is 11.3. The second-order valence-corrected chi connectivity index (χ2v) is 6.63. The second kappa shape index (κ2) is 4.52. The van der Waals surface area contributed by atoms with E-state index < -0.39 is 0 Å². The van der Waals surface area contributed by atoms with Crippen LogP contribution < -0.4 is 5.32 Å². The second-order valence-electron chi connectivity index (χ2n) is 6.63. The highest BCUT2D eigenvalue weighted by Gasteiger charge is 2.38. The first-order valence-electron chi connectivity index (χ1n) is 6.93. The standard InChI is InChI=1S/C15H27N/c1-5-15(3,4)10-16-11(2)14-9-12-6-7-13(14)8-12/h6-7,11-14,16H,5,8-10H2,1-4H3. The molecule has 2 bridgehead atoms. The topological polar surface area (TPSA) is 12.0 Å². The zero-order chi connectivity index (χ0) is 11.8. The Morgan fingerprint density at radius 1 is 1.31 bits per heavy atom. The summed E-state index contributed by atoms with van der Waals surface area (Å²) in [7, 11) is 0. The van der Waals surface area contributed by atoms with Crippen molar-refractivity contribution in [2.45, 2.75) is 53.0 Å². The van der Waals surface area contributed by atoms with Crippen LogP contribution in [0.5, 0.6) is 0 Å². The molecule has 0 aliphatic heterocycles. The molecule has 2 rings (SSSR count). The van der Waals surface area contributed by atoms with Gasteiger partial charge in [0.15, 0.2) is 0 Å². The van der Waals surface area contributed by atoms with Gasteiger partial charge in [-0.1, -0.05) is 32.9 Å². The van der Waals surface area contributed by atoms with Gasteiger partial charge in [0, 0.05) is 12.6 Å². The van der Waals surface area contributed by atoms with Crippen molar-refractivity contribution in [2.24, 2.45) is 23.2 Å². The third-order valence-electron chi connectivity index (χ3n) is 4.83. The lowest BCUT2D eigenvalue weighted by Gasteiger charge is -2.31. The molecule has 4 unspecified atom stereocenters. The number of hydrogen-bond acceptors (Lipinski definition) is 1. The molecular formula is C15H27N. The Balaban J connectivity index is 1.81. The number of fused-ring (bicyclic) bond motifs is 2. The van der Waals surface area contributed by atoms with Gasteiger partial charge in [0.05, 0.1) is 0 Å². The van der Waals surface area contributed by atoms with Crippen molar-refractivity contribution >= 4 is 0 Å². The van der Waals surface area contributed by atoms with Crippen molar-refractivity contribution in [1.82, 2.24) is 5.32 Å². The summed E-state index contributed by atoms with van der Waals surface area (Å²) in [5, 5.41) is 3.77. The molecule has 0 amide bonds. The van der Waals surface area contributed by atoms with Gasteiger partial charge in [0.25, 0.3) is 0 Å². The molecule has 1 N–H and O–H groups in total. The number of rotatable bonds is 5. The van der Waals surface area contributed by atoms with Gasteiger partial charge in [-0.05, 0) is 49.4 Å². The highest BCUT2D eigenvalue weighted by atomic mass is 14.9. The smallest absolute Gasteiger partial charge is 0.00730 e. The summed E-state index contributed by atoms with van der Waals surface area (Å²) in [5.74, 6) is 2.67. The third kappa shape index (κ3) is 2.51. The van der Waals surface area contributed by atoms with Crippen LogP contribution in [-0.4, -0.2) is 12.6 Å². The molecule has 1 heteroatoms. The number of nitrogens with one attached hydrogen (secondary N) is 1. The Kier molecular flexibility index (Phi) is 3.44. The van der Waals surface area contributed by atoms with Gasteiger partial charge in [-0.2, -0.15) is 0 Å². The Hall–Kier alpha value is -0.300. The fraction of sp³-hybridized carbons (Fsp3) is 0.867. The lowest BCUT2D eigenvalue weighted by Crippen LogP contribution is -2.40. The van der Waals surface area contributed by atoms with Gasteiger partial charge < -0.3 is 5.32 Å². The van der Waals surface area contributed by atoms with E-state index in [2.05, 4.69) is 45.2 Å².